The van der Waals surface area contributed by atoms with E-state index in [-0.39, 0.29) is 16.8 Å². The van der Waals surface area contributed by atoms with Crippen molar-refractivity contribution in [2.45, 2.75) is 48.0 Å². The Balaban J connectivity index is 4.30. The van der Waals surface area contributed by atoms with Crippen LogP contribution in [0.4, 0.5) is 0 Å². The van der Waals surface area contributed by atoms with Gasteiger partial charge in [-0.25, -0.2) is 0 Å². The lowest BCUT2D eigenvalue weighted by molar-refractivity contribution is -0.146. The van der Waals surface area contributed by atoms with Gasteiger partial charge in [-0.1, -0.05) is 41.0 Å². The first-order valence-corrected chi connectivity index (χ1v) is 4.86. The third-order valence-corrected chi connectivity index (χ3v) is 3.35. The summed E-state index contributed by atoms with van der Waals surface area (Å²) in [5.74, 6) is -0.194. The molecule has 0 saturated heterocycles. The van der Waals surface area contributed by atoms with E-state index in [0.717, 1.165) is 6.42 Å². The predicted octanol–water partition coefficient (Wildman–Crippen LogP) is 3.01. The molecule has 0 unspecified atom stereocenters. The highest BCUT2D eigenvalue weighted by molar-refractivity contribution is 5.65. The first kappa shape index (κ1) is 12.5. The molecular formula is C11H22O2. The van der Waals surface area contributed by atoms with Crippen LogP contribution in [0.1, 0.15) is 48.0 Å². The van der Waals surface area contributed by atoms with Gasteiger partial charge in [-0.3, -0.25) is 4.79 Å². The third-order valence-electron chi connectivity index (χ3n) is 3.35. The number of ether oxygens (including phenoxy) is 1. The molecule has 78 valence electrons. The number of hydrogen-bond acceptors (Lipinski definition) is 2. The predicted molar refractivity (Wildman–Crippen MR) is 54.5 cm³/mol. The van der Waals surface area contributed by atoms with E-state index in [1.165, 1.54) is 6.92 Å². The highest BCUT2D eigenvalue weighted by atomic mass is 16.5. The largest absolute Gasteiger partial charge is 0.465 e. The molecule has 0 aromatic carbocycles. The summed E-state index contributed by atoms with van der Waals surface area (Å²) < 4.78 is 5.06. The molecule has 0 aromatic rings. The van der Waals surface area contributed by atoms with Crippen molar-refractivity contribution in [1.82, 2.24) is 0 Å². The minimum Gasteiger partial charge on any atom is -0.465 e. The van der Waals surface area contributed by atoms with Gasteiger partial charge in [0.1, 0.15) is 0 Å². The molecule has 0 aliphatic rings. The smallest absolute Gasteiger partial charge is 0.302 e. The molecule has 0 N–H and O–H groups in total. The van der Waals surface area contributed by atoms with E-state index in [0.29, 0.717) is 6.61 Å². The van der Waals surface area contributed by atoms with Gasteiger partial charge in [-0.15, -0.1) is 0 Å². The Morgan fingerprint density at radius 1 is 1.15 bits per heavy atom. The van der Waals surface area contributed by atoms with E-state index in [1.807, 2.05) is 0 Å². The first-order chi connectivity index (χ1) is 5.73. The number of carbonyl (C=O) groups is 1. The highest BCUT2D eigenvalue weighted by Crippen LogP contribution is 2.41. The summed E-state index contributed by atoms with van der Waals surface area (Å²) >= 11 is 0. The second-order valence-electron chi connectivity index (χ2n) is 4.90. The Bertz CT molecular complexity index is 181. The van der Waals surface area contributed by atoms with Gasteiger partial charge >= 0.3 is 5.97 Å². The van der Waals surface area contributed by atoms with E-state index in [4.69, 9.17) is 4.74 Å². The van der Waals surface area contributed by atoms with E-state index >= 15 is 0 Å². The lowest BCUT2D eigenvalue weighted by Gasteiger charge is -2.40. The quantitative estimate of drug-likeness (QED) is 0.631. The maximum atomic E-state index is 10.7. The number of carbonyl (C=O) groups excluding carboxylic acids is 1. The van der Waals surface area contributed by atoms with Crippen molar-refractivity contribution >= 4 is 5.97 Å². The van der Waals surface area contributed by atoms with Crippen molar-refractivity contribution < 1.29 is 9.53 Å². The van der Waals surface area contributed by atoms with Crippen LogP contribution in [-0.2, 0) is 9.53 Å². The fourth-order valence-electron chi connectivity index (χ4n) is 0.956. The zero-order valence-electron chi connectivity index (χ0n) is 9.73. The molecule has 0 heterocycles. The highest BCUT2D eigenvalue weighted by Gasteiger charge is 2.36. The number of esters is 1. The second kappa shape index (κ2) is 4.12. The molecule has 0 amide bonds. The molecule has 0 aromatic heterocycles. The molecule has 0 radical (unpaired) electrons. The summed E-state index contributed by atoms with van der Waals surface area (Å²) in [7, 11) is 0. The third kappa shape index (κ3) is 3.37. The van der Waals surface area contributed by atoms with Gasteiger partial charge in [0.05, 0.1) is 6.61 Å². The summed E-state index contributed by atoms with van der Waals surface area (Å²) in [6.45, 7) is 12.8. The standard InChI is InChI=1S/C11H22O2/c1-7-10(3,4)11(5,6)8-13-9(2)12/h7-8H2,1-6H3. The number of hydrogen-bond donors (Lipinski definition) is 0. The van der Waals surface area contributed by atoms with E-state index in [1.54, 1.807) is 0 Å². The summed E-state index contributed by atoms with van der Waals surface area (Å²) in [5, 5.41) is 0. The van der Waals surface area contributed by atoms with Crippen LogP contribution in [0, 0.1) is 10.8 Å². The van der Waals surface area contributed by atoms with Gasteiger partial charge in [0, 0.05) is 12.3 Å². The Morgan fingerprint density at radius 3 is 1.92 bits per heavy atom. The Kier molecular flexibility index (Phi) is 3.95. The Morgan fingerprint density at radius 2 is 1.62 bits per heavy atom. The zero-order valence-corrected chi connectivity index (χ0v) is 9.73. The van der Waals surface area contributed by atoms with Crippen molar-refractivity contribution in [3.8, 4) is 0 Å². The molecule has 0 spiro atoms. The fourth-order valence-corrected chi connectivity index (χ4v) is 0.956. The van der Waals surface area contributed by atoms with Gasteiger partial charge in [0.15, 0.2) is 0 Å². The van der Waals surface area contributed by atoms with Gasteiger partial charge in [0.2, 0.25) is 0 Å². The second-order valence-corrected chi connectivity index (χ2v) is 4.90. The van der Waals surface area contributed by atoms with E-state index in [9.17, 15) is 4.79 Å². The van der Waals surface area contributed by atoms with Gasteiger partial charge < -0.3 is 4.74 Å². The van der Waals surface area contributed by atoms with Crippen molar-refractivity contribution in [2.75, 3.05) is 6.61 Å². The summed E-state index contributed by atoms with van der Waals surface area (Å²) in [4.78, 5) is 10.7. The number of rotatable bonds is 4. The lowest BCUT2D eigenvalue weighted by Crippen LogP contribution is -2.36. The van der Waals surface area contributed by atoms with Crippen molar-refractivity contribution in [1.29, 1.82) is 0 Å². The van der Waals surface area contributed by atoms with Crippen LogP contribution < -0.4 is 0 Å². The Labute approximate surface area is 81.7 Å². The maximum Gasteiger partial charge on any atom is 0.302 e. The molecule has 2 nitrogen and oxygen atoms in total. The zero-order chi connectivity index (χ0) is 10.7. The summed E-state index contributed by atoms with van der Waals surface area (Å²) in [5.41, 5.74) is 0.232. The average molecular weight is 186 g/mol. The van der Waals surface area contributed by atoms with Crippen LogP contribution in [0.3, 0.4) is 0 Å². The van der Waals surface area contributed by atoms with Crippen LogP contribution in [0.2, 0.25) is 0 Å². The molecule has 13 heavy (non-hydrogen) atoms. The molecule has 0 aliphatic carbocycles. The molecule has 0 fully saturated rings. The Hall–Kier alpha value is -0.530. The van der Waals surface area contributed by atoms with Gasteiger partial charge in [-0.2, -0.15) is 0 Å². The van der Waals surface area contributed by atoms with E-state index < -0.39 is 0 Å². The molecule has 2 heteroatoms. The fraction of sp³-hybridized carbons (Fsp3) is 0.909. The van der Waals surface area contributed by atoms with Gasteiger partial charge in [-0.05, 0) is 5.41 Å². The molecule has 0 saturated carbocycles. The molecule has 0 rings (SSSR count). The first-order valence-electron chi connectivity index (χ1n) is 4.86. The monoisotopic (exact) mass is 186 g/mol. The van der Waals surface area contributed by atoms with Gasteiger partial charge in [0.25, 0.3) is 0 Å². The summed E-state index contributed by atoms with van der Waals surface area (Å²) in [6, 6.07) is 0. The molecule has 0 bridgehead atoms. The molecule has 0 atom stereocenters. The SMILES string of the molecule is CCC(C)(C)C(C)(C)COC(C)=O. The molecular weight excluding hydrogens is 164 g/mol. The minimum atomic E-state index is -0.194. The van der Waals surface area contributed by atoms with Crippen molar-refractivity contribution in [3.63, 3.8) is 0 Å². The maximum absolute atomic E-state index is 10.7. The topological polar surface area (TPSA) is 26.3 Å². The normalized spacial score (nSPS) is 12.8. The lowest BCUT2D eigenvalue weighted by atomic mass is 9.67. The molecule has 0 aliphatic heterocycles. The van der Waals surface area contributed by atoms with Crippen LogP contribution >= 0.6 is 0 Å². The van der Waals surface area contributed by atoms with Crippen molar-refractivity contribution in [3.05, 3.63) is 0 Å². The van der Waals surface area contributed by atoms with Crippen molar-refractivity contribution in [2.24, 2.45) is 10.8 Å². The van der Waals surface area contributed by atoms with E-state index in [2.05, 4.69) is 34.6 Å². The minimum absolute atomic E-state index is 0.0351. The average Bonchev–Trinajstić information content (AvgIpc) is 2.01. The van der Waals surface area contributed by atoms with Crippen LogP contribution in [0.25, 0.3) is 0 Å². The van der Waals surface area contributed by atoms with Crippen LogP contribution in [0.5, 0.6) is 0 Å². The van der Waals surface area contributed by atoms with Crippen LogP contribution in [0.15, 0.2) is 0 Å². The van der Waals surface area contributed by atoms with Crippen LogP contribution in [-0.4, -0.2) is 12.6 Å². The summed E-state index contributed by atoms with van der Waals surface area (Å²) in [6.07, 6.45) is 1.08.